The molecule has 0 amide bonds. The van der Waals surface area contributed by atoms with Crippen LogP contribution >= 0.6 is 0 Å². The van der Waals surface area contributed by atoms with Gasteiger partial charge in [-0.25, -0.2) is 9.78 Å². The molecule has 33 heavy (non-hydrogen) atoms. The lowest BCUT2D eigenvalue weighted by Gasteiger charge is -2.50. The summed E-state index contributed by atoms with van der Waals surface area (Å²) >= 11 is 0. The van der Waals surface area contributed by atoms with Crippen LogP contribution in [0.1, 0.15) is 130 Å². The number of hydrogen-bond acceptors (Lipinski definition) is 5. The molecule has 2 bridgehead atoms. The molecule has 0 N–H and O–H groups in total. The predicted molar refractivity (Wildman–Crippen MR) is 128 cm³/mol. The zero-order valence-corrected chi connectivity index (χ0v) is 21.7. The lowest BCUT2D eigenvalue weighted by molar-refractivity contribution is -0.541. The first kappa shape index (κ1) is 25.6. The van der Waals surface area contributed by atoms with E-state index in [9.17, 15) is 4.79 Å². The van der Waals surface area contributed by atoms with Gasteiger partial charge in [0.05, 0.1) is 5.60 Å². The van der Waals surface area contributed by atoms with E-state index in [2.05, 4.69) is 20.8 Å². The van der Waals surface area contributed by atoms with Crippen LogP contribution in [0.15, 0.2) is 0 Å². The summed E-state index contributed by atoms with van der Waals surface area (Å²) in [6.07, 6.45) is 17.5. The van der Waals surface area contributed by atoms with Crippen LogP contribution in [0.4, 0.5) is 0 Å². The fraction of sp³-hybridized carbons (Fsp3) is 0.964. The van der Waals surface area contributed by atoms with Gasteiger partial charge in [0.1, 0.15) is 5.78 Å². The molecule has 0 aromatic carbocycles. The van der Waals surface area contributed by atoms with E-state index < -0.39 is 23.3 Å². The van der Waals surface area contributed by atoms with Gasteiger partial charge in [0.25, 0.3) is 0 Å². The molecule has 5 aliphatic rings. The van der Waals surface area contributed by atoms with Gasteiger partial charge < -0.3 is 9.47 Å². The standard InChI is InChI=1S/C28H48O5/c1-5-6-7-8-9-10-11-12-13-14-15-22(29)20-26(3)24-17-16-21(2)23-18-19-27(4)31-25(30-26)28(23,24)33-32-27/h21,23-25H,5-20H2,1-4H3/t21-,23+,24+,25-,26+,27-,28-/m1/s1. The van der Waals surface area contributed by atoms with Crippen molar-refractivity contribution in [1.29, 1.82) is 0 Å². The highest BCUT2D eigenvalue weighted by molar-refractivity contribution is 5.79. The molecular weight excluding hydrogens is 416 g/mol. The maximum absolute atomic E-state index is 13.0. The molecule has 4 saturated heterocycles. The quantitative estimate of drug-likeness (QED) is 0.212. The van der Waals surface area contributed by atoms with Crippen molar-refractivity contribution in [3.8, 4) is 0 Å². The van der Waals surface area contributed by atoms with Crippen LogP contribution in [0.2, 0.25) is 0 Å². The molecule has 5 fully saturated rings. The van der Waals surface area contributed by atoms with Gasteiger partial charge >= 0.3 is 0 Å². The Bertz CT molecular complexity index is 667. The summed E-state index contributed by atoms with van der Waals surface area (Å²) in [4.78, 5) is 25.1. The summed E-state index contributed by atoms with van der Waals surface area (Å²) in [5.41, 5.74) is -1.11. The van der Waals surface area contributed by atoms with Crippen molar-refractivity contribution in [2.75, 3.05) is 0 Å². The third-order valence-corrected chi connectivity index (χ3v) is 9.19. The van der Waals surface area contributed by atoms with Crippen molar-refractivity contribution in [2.24, 2.45) is 17.8 Å². The van der Waals surface area contributed by atoms with Gasteiger partial charge in [-0.3, -0.25) is 4.79 Å². The van der Waals surface area contributed by atoms with Crippen LogP contribution in [0.3, 0.4) is 0 Å². The topological polar surface area (TPSA) is 54.0 Å². The van der Waals surface area contributed by atoms with Crippen molar-refractivity contribution in [1.82, 2.24) is 0 Å². The zero-order valence-electron chi connectivity index (χ0n) is 21.7. The van der Waals surface area contributed by atoms with E-state index in [0.29, 0.717) is 30.5 Å². The molecule has 1 spiro atoms. The van der Waals surface area contributed by atoms with Gasteiger partial charge in [-0.2, -0.15) is 0 Å². The Morgan fingerprint density at radius 3 is 2.21 bits per heavy atom. The third kappa shape index (κ3) is 5.22. The number of Topliss-reactive ketones (excluding diaryl/α,β-unsaturated/α-hetero) is 1. The molecule has 0 radical (unpaired) electrons. The van der Waals surface area contributed by atoms with Gasteiger partial charge in [-0.15, -0.1) is 0 Å². The average molecular weight is 465 g/mol. The molecule has 0 aromatic rings. The zero-order chi connectivity index (χ0) is 23.5. The first-order chi connectivity index (χ1) is 15.8. The van der Waals surface area contributed by atoms with Gasteiger partial charge in [0, 0.05) is 25.2 Å². The van der Waals surface area contributed by atoms with Crippen molar-refractivity contribution >= 4 is 5.78 Å². The normalized spacial score (nSPS) is 41.7. The number of carbonyl (C=O) groups excluding carboxylic acids is 1. The lowest BCUT2D eigenvalue weighted by atomic mass is 9.59. The van der Waals surface area contributed by atoms with Crippen molar-refractivity contribution in [3.63, 3.8) is 0 Å². The Kier molecular flexibility index (Phi) is 8.25. The smallest absolute Gasteiger partial charge is 0.201 e. The summed E-state index contributed by atoms with van der Waals surface area (Å²) < 4.78 is 13.0. The highest BCUT2D eigenvalue weighted by Crippen LogP contribution is 2.63. The summed E-state index contributed by atoms with van der Waals surface area (Å²) in [5, 5.41) is 0. The molecular formula is C28H48O5. The van der Waals surface area contributed by atoms with Crippen LogP contribution in [0.25, 0.3) is 0 Å². The van der Waals surface area contributed by atoms with Gasteiger partial charge in [-0.1, -0.05) is 71.6 Å². The van der Waals surface area contributed by atoms with E-state index in [1.807, 2.05) is 6.92 Å². The van der Waals surface area contributed by atoms with E-state index in [0.717, 1.165) is 38.5 Å². The monoisotopic (exact) mass is 464 g/mol. The fourth-order valence-electron chi connectivity index (χ4n) is 7.26. The predicted octanol–water partition coefficient (Wildman–Crippen LogP) is 7.26. The number of unbranched alkanes of at least 4 members (excludes halogenated alkanes) is 9. The summed E-state index contributed by atoms with van der Waals surface area (Å²) in [6.45, 7) is 8.66. The summed E-state index contributed by atoms with van der Waals surface area (Å²) in [7, 11) is 0. The maximum Gasteiger partial charge on any atom is 0.201 e. The molecule has 4 heterocycles. The molecule has 0 unspecified atom stereocenters. The molecule has 0 aromatic heterocycles. The van der Waals surface area contributed by atoms with Gasteiger partial charge in [0.15, 0.2) is 11.9 Å². The van der Waals surface area contributed by atoms with Crippen LogP contribution in [-0.4, -0.2) is 29.1 Å². The van der Waals surface area contributed by atoms with Crippen LogP contribution in [0, 0.1) is 17.8 Å². The van der Waals surface area contributed by atoms with Crippen molar-refractivity contribution in [2.45, 2.75) is 154 Å². The SMILES string of the molecule is CCCCCCCCCCCCC(=O)C[C@]1(C)O[C@@H]2O[C@@]3(C)CC[C@H]4[C@H](C)CC[C@@H]1[C@@]24OO3. The Morgan fingerprint density at radius 1 is 0.848 bits per heavy atom. The second-order valence-corrected chi connectivity index (χ2v) is 11.9. The van der Waals surface area contributed by atoms with Crippen LogP contribution < -0.4 is 0 Å². The van der Waals surface area contributed by atoms with E-state index in [1.165, 1.54) is 51.4 Å². The number of fused-ring (bicyclic) bond motifs is 2. The summed E-state index contributed by atoms with van der Waals surface area (Å²) in [5.74, 6) is 0.606. The third-order valence-electron chi connectivity index (χ3n) is 9.19. The number of rotatable bonds is 13. The van der Waals surface area contributed by atoms with E-state index in [4.69, 9.17) is 19.2 Å². The highest BCUT2D eigenvalue weighted by Gasteiger charge is 2.73. The molecule has 5 nitrogen and oxygen atoms in total. The second kappa shape index (κ2) is 10.6. The number of ketones is 1. The van der Waals surface area contributed by atoms with Gasteiger partial charge in [0.2, 0.25) is 5.79 Å². The Morgan fingerprint density at radius 2 is 1.52 bits per heavy atom. The minimum atomic E-state index is -0.747. The van der Waals surface area contributed by atoms with Gasteiger partial charge in [-0.05, 0) is 51.4 Å². The summed E-state index contributed by atoms with van der Waals surface area (Å²) in [6, 6.07) is 0. The molecule has 1 saturated carbocycles. The Balaban J connectivity index is 1.26. The van der Waals surface area contributed by atoms with E-state index >= 15 is 0 Å². The van der Waals surface area contributed by atoms with Crippen LogP contribution in [0.5, 0.6) is 0 Å². The lowest BCUT2D eigenvalue weighted by Crippen LogP contribution is -2.61. The second-order valence-electron chi connectivity index (χ2n) is 11.9. The highest BCUT2D eigenvalue weighted by atomic mass is 17.3. The molecule has 5 rings (SSSR count). The minimum Gasteiger partial charge on any atom is -0.342 e. The molecule has 4 aliphatic heterocycles. The largest absolute Gasteiger partial charge is 0.342 e. The number of hydrogen-bond donors (Lipinski definition) is 0. The fourth-order valence-corrected chi connectivity index (χ4v) is 7.26. The molecule has 190 valence electrons. The van der Waals surface area contributed by atoms with Crippen LogP contribution in [-0.2, 0) is 24.0 Å². The number of ether oxygens (including phenoxy) is 2. The Labute approximate surface area is 201 Å². The average Bonchev–Trinajstić information content (AvgIpc) is 2.86. The minimum absolute atomic E-state index is 0.135. The molecule has 1 aliphatic carbocycles. The van der Waals surface area contributed by atoms with E-state index in [1.54, 1.807) is 0 Å². The molecule has 7 atom stereocenters. The first-order valence-corrected chi connectivity index (χ1v) is 14.1. The Hall–Kier alpha value is -0.490. The first-order valence-electron chi connectivity index (χ1n) is 14.1. The maximum atomic E-state index is 13.0. The van der Waals surface area contributed by atoms with Crippen molar-refractivity contribution in [3.05, 3.63) is 0 Å². The number of carbonyl (C=O) groups is 1. The van der Waals surface area contributed by atoms with Crippen molar-refractivity contribution < 1.29 is 24.0 Å². The molecule has 5 heteroatoms. The van der Waals surface area contributed by atoms with E-state index in [-0.39, 0.29) is 5.92 Å².